The Morgan fingerprint density at radius 2 is 1.90 bits per heavy atom. The SMILES string of the molecule is Cc1cc(C)nc(NNC(=O)c2cc(Br)cnc2Cl)n1. The molecule has 0 bridgehead atoms. The molecule has 2 aromatic heterocycles. The quantitative estimate of drug-likeness (QED) is 0.653. The lowest BCUT2D eigenvalue weighted by Crippen LogP contribution is -2.30. The van der Waals surface area contributed by atoms with E-state index in [-0.39, 0.29) is 10.7 Å². The van der Waals surface area contributed by atoms with E-state index in [1.807, 2.05) is 19.9 Å². The van der Waals surface area contributed by atoms with Gasteiger partial charge in [0.15, 0.2) is 0 Å². The van der Waals surface area contributed by atoms with E-state index in [9.17, 15) is 4.79 Å². The summed E-state index contributed by atoms with van der Waals surface area (Å²) in [6.07, 6.45) is 1.51. The zero-order valence-corrected chi connectivity index (χ0v) is 13.1. The summed E-state index contributed by atoms with van der Waals surface area (Å²) in [6.45, 7) is 3.69. The number of halogens is 2. The first kappa shape index (κ1) is 14.7. The Balaban J connectivity index is 2.10. The molecule has 0 saturated carbocycles. The fourth-order valence-electron chi connectivity index (χ4n) is 1.54. The molecule has 0 aromatic carbocycles. The van der Waals surface area contributed by atoms with E-state index in [0.29, 0.717) is 10.4 Å². The summed E-state index contributed by atoms with van der Waals surface area (Å²) in [7, 11) is 0. The van der Waals surface area contributed by atoms with Crippen molar-refractivity contribution in [3.05, 3.63) is 44.9 Å². The maximum absolute atomic E-state index is 12.0. The molecule has 0 atom stereocenters. The third-order valence-corrected chi connectivity index (χ3v) is 3.06. The van der Waals surface area contributed by atoms with Gasteiger partial charge < -0.3 is 0 Å². The van der Waals surface area contributed by atoms with Crippen molar-refractivity contribution in [3.8, 4) is 0 Å². The Morgan fingerprint density at radius 3 is 2.55 bits per heavy atom. The third kappa shape index (κ3) is 3.64. The first-order valence-corrected chi connectivity index (χ1v) is 6.82. The molecule has 0 saturated heterocycles. The number of anilines is 1. The lowest BCUT2D eigenvalue weighted by molar-refractivity contribution is 0.0962. The molecule has 1 amide bonds. The molecule has 0 spiro atoms. The van der Waals surface area contributed by atoms with Gasteiger partial charge in [-0.15, -0.1) is 0 Å². The van der Waals surface area contributed by atoms with Crippen LogP contribution in [0, 0.1) is 13.8 Å². The summed E-state index contributed by atoms with van der Waals surface area (Å²) < 4.78 is 0.662. The Bertz CT molecular complexity index is 644. The van der Waals surface area contributed by atoms with Crippen LogP contribution in [0.5, 0.6) is 0 Å². The predicted molar refractivity (Wildman–Crippen MR) is 79.5 cm³/mol. The van der Waals surface area contributed by atoms with Gasteiger partial charge in [-0.25, -0.2) is 15.0 Å². The van der Waals surface area contributed by atoms with E-state index in [4.69, 9.17) is 11.6 Å². The molecule has 0 aliphatic heterocycles. The van der Waals surface area contributed by atoms with Gasteiger partial charge in [-0.2, -0.15) is 0 Å². The van der Waals surface area contributed by atoms with Crippen LogP contribution in [0.4, 0.5) is 5.95 Å². The largest absolute Gasteiger partial charge is 0.272 e. The number of nitrogens with one attached hydrogen (secondary N) is 2. The zero-order chi connectivity index (χ0) is 14.7. The van der Waals surface area contributed by atoms with Crippen molar-refractivity contribution < 1.29 is 4.79 Å². The van der Waals surface area contributed by atoms with Crippen molar-refractivity contribution in [3.63, 3.8) is 0 Å². The number of carbonyl (C=O) groups is 1. The van der Waals surface area contributed by atoms with Gasteiger partial charge in [-0.1, -0.05) is 11.6 Å². The van der Waals surface area contributed by atoms with Crippen LogP contribution in [0.2, 0.25) is 5.15 Å². The maximum atomic E-state index is 12.0. The van der Waals surface area contributed by atoms with Crippen molar-refractivity contribution in [2.24, 2.45) is 0 Å². The van der Waals surface area contributed by atoms with E-state index in [2.05, 4.69) is 41.7 Å². The summed E-state index contributed by atoms with van der Waals surface area (Å²) in [4.78, 5) is 24.2. The molecule has 104 valence electrons. The maximum Gasteiger partial charge on any atom is 0.272 e. The lowest BCUT2D eigenvalue weighted by Gasteiger charge is -2.09. The number of hydrogen-bond donors (Lipinski definition) is 2. The van der Waals surface area contributed by atoms with Gasteiger partial charge in [-0.05, 0) is 41.9 Å². The predicted octanol–water partition coefficient (Wildman–Crippen LogP) is 2.66. The molecular weight excluding hydrogens is 346 g/mol. The van der Waals surface area contributed by atoms with Crippen LogP contribution >= 0.6 is 27.5 Å². The Kier molecular flexibility index (Phi) is 4.51. The van der Waals surface area contributed by atoms with Gasteiger partial charge in [0, 0.05) is 22.1 Å². The number of aromatic nitrogens is 3. The molecule has 2 heterocycles. The molecule has 8 heteroatoms. The van der Waals surface area contributed by atoms with Gasteiger partial charge in [0.25, 0.3) is 5.91 Å². The second-order valence-corrected chi connectivity index (χ2v) is 5.32. The minimum atomic E-state index is -0.424. The van der Waals surface area contributed by atoms with Crippen molar-refractivity contribution in [2.75, 3.05) is 5.43 Å². The average Bonchev–Trinajstić information content (AvgIpc) is 2.38. The molecule has 0 aliphatic carbocycles. The molecule has 20 heavy (non-hydrogen) atoms. The van der Waals surface area contributed by atoms with E-state index >= 15 is 0 Å². The molecular formula is C12H11BrClN5O. The Hall–Kier alpha value is -1.73. The van der Waals surface area contributed by atoms with E-state index in [0.717, 1.165) is 11.4 Å². The van der Waals surface area contributed by atoms with Crippen LogP contribution in [-0.4, -0.2) is 20.9 Å². The lowest BCUT2D eigenvalue weighted by atomic mass is 10.3. The zero-order valence-electron chi connectivity index (χ0n) is 10.7. The normalized spacial score (nSPS) is 10.2. The van der Waals surface area contributed by atoms with E-state index < -0.39 is 5.91 Å². The summed E-state index contributed by atoms with van der Waals surface area (Å²) in [5.74, 6) is -0.110. The highest BCUT2D eigenvalue weighted by molar-refractivity contribution is 9.10. The van der Waals surface area contributed by atoms with Crippen LogP contribution in [0.3, 0.4) is 0 Å². The second-order valence-electron chi connectivity index (χ2n) is 4.05. The number of rotatable bonds is 3. The Morgan fingerprint density at radius 1 is 1.25 bits per heavy atom. The smallest absolute Gasteiger partial charge is 0.267 e. The minimum absolute atomic E-state index is 0.119. The molecule has 2 N–H and O–H groups in total. The molecule has 0 unspecified atom stereocenters. The minimum Gasteiger partial charge on any atom is -0.267 e. The van der Waals surface area contributed by atoms with Crippen molar-refractivity contribution in [1.82, 2.24) is 20.4 Å². The summed E-state index contributed by atoms with van der Waals surface area (Å²) in [5, 5.41) is 0.119. The van der Waals surface area contributed by atoms with Crippen LogP contribution in [0.1, 0.15) is 21.7 Å². The highest BCUT2D eigenvalue weighted by atomic mass is 79.9. The average molecular weight is 357 g/mol. The van der Waals surface area contributed by atoms with Crippen molar-refractivity contribution in [2.45, 2.75) is 13.8 Å². The molecule has 6 nitrogen and oxygen atoms in total. The molecule has 0 radical (unpaired) electrons. The number of nitrogens with zero attached hydrogens (tertiary/aromatic N) is 3. The van der Waals surface area contributed by atoms with E-state index in [1.54, 1.807) is 6.07 Å². The number of carbonyl (C=O) groups excluding carboxylic acids is 1. The summed E-state index contributed by atoms with van der Waals surface area (Å²) in [6, 6.07) is 3.41. The van der Waals surface area contributed by atoms with Gasteiger partial charge in [0.2, 0.25) is 5.95 Å². The van der Waals surface area contributed by atoms with Crippen LogP contribution in [0.25, 0.3) is 0 Å². The van der Waals surface area contributed by atoms with Gasteiger partial charge >= 0.3 is 0 Å². The standard InChI is InChI=1S/C12H11BrClN5O/c1-6-3-7(2)17-12(16-6)19-18-11(20)9-4-8(13)5-15-10(9)14/h3-5H,1-2H3,(H,18,20)(H,16,17,19). The first-order chi connectivity index (χ1) is 9.45. The molecule has 0 fully saturated rings. The summed E-state index contributed by atoms with van der Waals surface area (Å²) >= 11 is 9.10. The Labute approximate surface area is 129 Å². The number of hydrogen-bond acceptors (Lipinski definition) is 5. The first-order valence-electron chi connectivity index (χ1n) is 5.65. The molecule has 0 aliphatic rings. The monoisotopic (exact) mass is 355 g/mol. The number of amides is 1. The fourth-order valence-corrected chi connectivity index (χ4v) is 2.06. The summed E-state index contributed by atoms with van der Waals surface area (Å²) in [5.41, 5.74) is 6.98. The highest BCUT2D eigenvalue weighted by Gasteiger charge is 2.12. The second kappa shape index (κ2) is 6.15. The highest BCUT2D eigenvalue weighted by Crippen LogP contribution is 2.17. The van der Waals surface area contributed by atoms with Crippen molar-refractivity contribution in [1.29, 1.82) is 0 Å². The molecule has 2 rings (SSSR count). The van der Waals surface area contributed by atoms with Crippen LogP contribution in [0.15, 0.2) is 22.8 Å². The van der Waals surface area contributed by atoms with Gasteiger partial charge in [0.05, 0.1) is 5.56 Å². The molecule has 2 aromatic rings. The number of aryl methyl sites for hydroxylation is 2. The van der Waals surface area contributed by atoms with Crippen LogP contribution < -0.4 is 10.9 Å². The fraction of sp³-hybridized carbons (Fsp3) is 0.167. The number of hydrazine groups is 1. The topological polar surface area (TPSA) is 79.8 Å². The number of pyridine rings is 1. The van der Waals surface area contributed by atoms with Gasteiger partial charge in [0.1, 0.15) is 5.15 Å². The van der Waals surface area contributed by atoms with Crippen molar-refractivity contribution >= 4 is 39.4 Å². The van der Waals surface area contributed by atoms with Crippen LogP contribution in [-0.2, 0) is 0 Å². The van der Waals surface area contributed by atoms with Gasteiger partial charge in [-0.3, -0.25) is 15.6 Å². The van der Waals surface area contributed by atoms with E-state index in [1.165, 1.54) is 6.20 Å². The third-order valence-electron chi connectivity index (χ3n) is 2.32.